The fourth-order valence-electron chi connectivity index (χ4n) is 1.78. The number of aromatic hydroxyl groups is 3. The summed E-state index contributed by atoms with van der Waals surface area (Å²) in [6, 6.07) is 9.53. The van der Waals surface area contributed by atoms with Crippen LogP contribution in [0, 0.1) is 0 Å². The molecule has 2 rings (SSSR count). The number of rotatable bonds is 3. The zero-order valence-corrected chi connectivity index (χ0v) is 10.3. The molecule has 0 aliphatic heterocycles. The quantitative estimate of drug-likeness (QED) is 0.508. The van der Waals surface area contributed by atoms with Crippen molar-refractivity contribution in [3.05, 3.63) is 53.6 Å². The largest absolute Gasteiger partial charge is 0.508 e. The molecule has 0 saturated heterocycles. The monoisotopic (exact) mass is 272 g/mol. The van der Waals surface area contributed by atoms with E-state index in [9.17, 15) is 25.2 Å². The summed E-state index contributed by atoms with van der Waals surface area (Å²) in [6.45, 7) is 0. The van der Waals surface area contributed by atoms with Gasteiger partial charge in [0.1, 0.15) is 17.2 Å². The van der Waals surface area contributed by atoms with Gasteiger partial charge in [-0.2, -0.15) is 0 Å². The molecule has 5 nitrogen and oxygen atoms in total. The number of benzene rings is 2. The Labute approximate surface area is 114 Å². The van der Waals surface area contributed by atoms with Gasteiger partial charge in [-0.25, -0.2) is 4.79 Å². The van der Waals surface area contributed by atoms with Crippen molar-refractivity contribution < 1.29 is 25.2 Å². The first kappa shape index (κ1) is 13.5. The Morgan fingerprint density at radius 1 is 0.850 bits per heavy atom. The van der Waals surface area contributed by atoms with Crippen molar-refractivity contribution in [1.82, 2.24) is 0 Å². The van der Waals surface area contributed by atoms with Gasteiger partial charge >= 0.3 is 5.97 Å². The third-order valence-corrected chi connectivity index (χ3v) is 2.64. The average Bonchev–Trinajstić information content (AvgIpc) is 2.36. The number of carboxylic acid groups (broad SMARTS) is 1. The van der Waals surface area contributed by atoms with Crippen LogP contribution in [0.25, 0.3) is 11.6 Å². The number of phenols is 3. The molecular weight excluding hydrogens is 260 g/mol. The molecular formula is C15H12O5. The van der Waals surface area contributed by atoms with Crippen LogP contribution in [0.1, 0.15) is 11.1 Å². The van der Waals surface area contributed by atoms with Crippen molar-refractivity contribution in [2.24, 2.45) is 0 Å². The lowest BCUT2D eigenvalue weighted by Gasteiger charge is -2.04. The topological polar surface area (TPSA) is 98.0 Å². The van der Waals surface area contributed by atoms with Crippen LogP contribution in [0.2, 0.25) is 0 Å². The highest BCUT2D eigenvalue weighted by Gasteiger charge is 2.11. The van der Waals surface area contributed by atoms with E-state index in [1.807, 2.05) is 0 Å². The van der Waals surface area contributed by atoms with Crippen molar-refractivity contribution in [3.63, 3.8) is 0 Å². The van der Waals surface area contributed by atoms with E-state index in [1.165, 1.54) is 42.5 Å². The first-order chi connectivity index (χ1) is 9.45. The minimum absolute atomic E-state index is 0.0185. The van der Waals surface area contributed by atoms with Crippen molar-refractivity contribution in [2.75, 3.05) is 0 Å². The lowest BCUT2D eigenvalue weighted by molar-refractivity contribution is -0.130. The van der Waals surface area contributed by atoms with Gasteiger partial charge in [-0.05, 0) is 41.5 Å². The van der Waals surface area contributed by atoms with Crippen LogP contribution in [-0.2, 0) is 4.79 Å². The first-order valence-electron chi connectivity index (χ1n) is 5.73. The Bertz CT molecular complexity index is 651. The van der Waals surface area contributed by atoms with Crippen LogP contribution in [0.4, 0.5) is 0 Å². The number of carbonyl (C=O) groups is 1. The minimum atomic E-state index is -1.15. The third kappa shape index (κ3) is 3.08. The summed E-state index contributed by atoms with van der Waals surface area (Å²) in [7, 11) is 0. The van der Waals surface area contributed by atoms with Crippen LogP contribution >= 0.6 is 0 Å². The van der Waals surface area contributed by atoms with Gasteiger partial charge in [-0.15, -0.1) is 0 Å². The Morgan fingerprint density at radius 2 is 1.40 bits per heavy atom. The lowest BCUT2D eigenvalue weighted by Crippen LogP contribution is -1.99. The van der Waals surface area contributed by atoms with E-state index in [0.717, 1.165) is 6.07 Å². The van der Waals surface area contributed by atoms with Gasteiger partial charge in [0.05, 0.1) is 5.57 Å². The van der Waals surface area contributed by atoms with Crippen LogP contribution in [0.5, 0.6) is 17.2 Å². The number of hydrogen-bond acceptors (Lipinski definition) is 4. The Hall–Kier alpha value is -2.95. The summed E-state index contributed by atoms with van der Waals surface area (Å²) in [5, 5.41) is 37.2. The van der Waals surface area contributed by atoms with Gasteiger partial charge in [0.2, 0.25) is 0 Å². The molecule has 0 aromatic heterocycles. The highest BCUT2D eigenvalue weighted by atomic mass is 16.4. The molecule has 5 heteroatoms. The molecule has 0 fully saturated rings. The summed E-state index contributed by atoms with van der Waals surface area (Å²) in [6.07, 6.45) is 1.33. The lowest BCUT2D eigenvalue weighted by atomic mass is 10.0. The number of carboxylic acids is 1. The molecule has 0 aliphatic rings. The molecule has 0 heterocycles. The van der Waals surface area contributed by atoms with E-state index in [1.54, 1.807) is 0 Å². The van der Waals surface area contributed by atoms with Gasteiger partial charge in [-0.3, -0.25) is 0 Å². The normalized spacial score (nSPS) is 11.3. The fraction of sp³-hybridized carbons (Fsp3) is 0. The number of phenolic OH excluding ortho intramolecular Hbond substituents is 3. The van der Waals surface area contributed by atoms with Gasteiger partial charge in [0.15, 0.2) is 0 Å². The van der Waals surface area contributed by atoms with Gasteiger partial charge in [-0.1, -0.05) is 12.1 Å². The molecule has 0 aliphatic carbocycles. The summed E-state index contributed by atoms with van der Waals surface area (Å²) in [5.74, 6) is -1.44. The first-order valence-corrected chi connectivity index (χ1v) is 5.73. The number of aliphatic carboxylic acids is 1. The molecule has 102 valence electrons. The van der Waals surface area contributed by atoms with Crippen LogP contribution < -0.4 is 0 Å². The van der Waals surface area contributed by atoms with Crippen molar-refractivity contribution >= 4 is 17.6 Å². The molecule has 0 bridgehead atoms. The third-order valence-electron chi connectivity index (χ3n) is 2.64. The Balaban J connectivity index is 2.50. The van der Waals surface area contributed by atoms with Crippen LogP contribution in [0.15, 0.2) is 42.5 Å². The molecule has 20 heavy (non-hydrogen) atoms. The highest BCUT2D eigenvalue weighted by molar-refractivity contribution is 6.20. The standard InChI is InChI=1S/C15H12O5/c16-11-3-1-10(2-4-11)14(15(19)20)7-9-5-12(17)8-13(18)6-9/h1-8,16-18H,(H,19,20)/b14-7-. The SMILES string of the molecule is O=C(O)/C(=C\c1cc(O)cc(O)c1)c1ccc(O)cc1. The molecule has 0 saturated carbocycles. The molecule has 0 amide bonds. The molecule has 2 aromatic rings. The average molecular weight is 272 g/mol. The van der Waals surface area contributed by atoms with Crippen LogP contribution in [0.3, 0.4) is 0 Å². The maximum absolute atomic E-state index is 11.3. The van der Waals surface area contributed by atoms with E-state index in [0.29, 0.717) is 11.1 Å². The van der Waals surface area contributed by atoms with Gasteiger partial charge in [0.25, 0.3) is 0 Å². The van der Waals surface area contributed by atoms with E-state index >= 15 is 0 Å². The van der Waals surface area contributed by atoms with Crippen molar-refractivity contribution in [1.29, 1.82) is 0 Å². The Kier molecular flexibility index (Phi) is 3.61. The summed E-state index contributed by atoms with van der Waals surface area (Å²) in [4.78, 5) is 11.3. The van der Waals surface area contributed by atoms with Gasteiger partial charge < -0.3 is 20.4 Å². The molecule has 0 unspecified atom stereocenters. The second kappa shape index (κ2) is 5.36. The molecule has 0 atom stereocenters. The van der Waals surface area contributed by atoms with Crippen molar-refractivity contribution in [3.8, 4) is 17.2 Å². The second-order valence-electron chi connectivity index (χ2n) is 4.19. The fourth-order valence-corrected chi connectivity index (χ4v) is 1.78. The van der Waals surface area contributed by atoms with E-state index in [-0.39, 0.29) is 22.8 Å². The van der Waals surface area contributed by atoms with Crippen LogP contribution in [-0.4, -0.2) is 26.4 Å². The van der Waals surface area contributed by atoms with E-state index in [2.05, 4.69) is 0 Å². The summed E-state index contributed by atoms with van der Waals surface area (Å²) < 4.78 is 0. The van der Waals surface area contributed by atoms with Crippen molar-refractivity contribution in [2.45, 2.75) is 0 Å². The minimum Gasteiger partial charge on any atom is -0.508 e. The maximum atomic E-state index is 11.3. The number of hydrogen-bond donors (Lipinski definition) is 4. The van der Waals surface area contributed by atoms with E-state index < -0.39 is 5.97 Å². The molecule has 0 spiro atoms. The second-order valence-corrected chi connectivity index (χ2v) is 4.19. The molecule has 2 aromatic carbocycles. The van der Waals surface area contributed by atoms with Gasteiger partial charge in [0, 0.05) is 6.07 Å². The highest BCUT2D eigenvalue weighted by Crippen LogP contribution is 2.25. The summed E-state index contributed by atoms with van der Waals surface area (Å²) in [5.41, 5.74) is 0.737. The predicted octanol–water partition coefficient (Wildman–Crippen LogP) is 2.43. The summed E-state index contributed by atoms with van der Waals surface area (Å²) >= 11 is 0. The zero-order chi connectivity index (χ0) is 14.7. The molecule has 4 N–H and O–H groups in total. The Morgan fingerprint density at radius 3 is 1.90 bits per heavy atom. The zero-order valence-electron chi connectivity index (χ0n) is 10.3. The molecule has 0 radical (unpaired) electrons. The predicted molar refractivity (Wildman–Crippen MR) is 73.4 cm³/mol. The van der Waals surface area contributed by atoms with E-state index in [4.69, 9.17) is 0 Å². The maximum Gasteiger partial charge on any atom is 0.336 e. The smallest absolute Gasteiger partial charge is 0.336 e.